The Balaban J connectivity index is 2.41. The van der Waals surface area contributed by atoms with Crippen LogP contribution < -0.4 is 5.32 Å². The molecule has 2 aromatic rings. The molecule has 8 heteroatoms. The Morgan fingerprint density at radius 1 is 1.43 bits per heavy atom. The largest absolute Gasteiger partial charge is 0.478 e. The molecule has 0 aliphatic rings. The van der Waals surface area contributed by atoms with E-state index < -0.39 is 10.9 Å². The van der Waals surface area contributed by atoms with Gasteiger partial charge >= 0.3 is 11.7 Å². The SMILES string of the molecule is Cc1cc(Nc2c([N+](=O)[O-])c(C)nn2C)ccc1C(=O)O. The molecule has 1 aromatic carbocycles. The normalized spacial score (nSPS) is 10.4. The molecule has 2 rings (SSSR count). The molecule has 0 radical (unpaired) electrons. The third-order valence-corrected chi connectivity index (χ3v) is 3.09. The zero-order valence-electron chi connectivity index (χ0n) is 11.7. The van der Waals surface area contributed by atoms with Gasteiger partial charge in [-0.2, -0.15) is 5.10 Å². The molecule has 110 valence electrons. The number of aromatic nitrogens is 2. The van der Waals surface area contributed by atoms with Crippen molar-refractivity contribution in [1.82, 2.24) is 9.78 Å². The van der Waals surface area contributed by atoms with E-state index in [1.165, 1.54) is 10.7 Å². The molecule has 0 atom stereocenters. The molecule has 0 aliphatic heterocycles. The molecule has 0 fully saturated rings. The number of hydrogen-bond acceptors (Lipinski definition) is 5. The summed E-state index contributed by atoms with van der Waals surface area (Å²) >= 11 is 0. The van der Waals surface area contributed by atoms with Gasteiger partial charge in [-0.1, -0.05) is 0 Å². The van der Waals surface area contributed by atoms with Crippen LogP contribution in [0.15, 0.2) is 18.2 Å². The van der Waals surface area contributed by atoms with Crippen LogP contribution in [-0.4, -0.2) is 25.8 Å². The molecule has 0 aliphatic carbocycles. The minimum Gasteiger partial charge on any atom is -0.478 e. The Hall–Kier alpha value is -2.90. The summed E-state index contributed by atoms with van der Waals surface area (Å²) in [4.78, 5) is 21.6. The third kappa shape index (κ3) is 2.69. The fourth-order valence-corrected chi connectivity index (χ4v) is 2.12. The van der Waals surface area contributed by atoms with Crippen molar-refractivity contribution in [2.75, 3.05) is 5.32 Å². The third-order valence-electron chi connectivity index (χ3n) is 3.09. The van der Waals surface area contributed by atoms with Gasteiger partial charge in [0.25, 0.3) is 0 Å². The predicted octanol–water partition coefficient (Wildman–Crippen LogP) is 2.39. The maximum Gasteiger partial charge on any atom is 0.335 e. The van der Waals surface area contributed by atoms with Crippen molar-refractivity contribution in [3.8, 4) is 0 Å². The van der Waals surface area contributed by atoms with Crippen LogP contribution in [0, 0.1) is 24.0 Å². The molecule has 0 bridgehead atoms. The van der Waals surface area contributed by atoms with E-state index >= 15 is 0 Å². The highest BCUT2D eigenvalue weighted by Gasteiger charge is 2.24. The molecular formula is C13H14N4O4. The fraction of sp³-hybridized carbons (Fsp3) is 0.231. The van der Waals surface area contributed by atoms with Crippen LogP contribution >= 0.6 is 0 Å². The number of carboxylic acid groups (broad SMARTS) is 1. The smallest absolute Gasteiger partial charge is 0.335 e. The molecule has 0 amide bonds. The highest BCUT2D eigenvalue weighted by atomic mass is 16.6. The maximum atomic E-state index is 11.1. The average Bonchev–Trinajstić information content (AvgIpc) is 2.63. The minimum atomic E-state index is -1.01. The van der Waals surface area contributed by atoms with E-state index in [1.54, 1.807) is 33.0 Å². The molecule has 0 unspecified atom stereocenters. The molecule has 0 spiro atoms. The van der Waals surface area contributed by atoms with Gasteiger partial charge in [-0.05, 0) is 37.6 Å². The minimum absolute atomic E-state index is 0.0996. The molecule has 8 nitrogen and oxygen atoms in total. The van der Waals surface area contributed by atoms with Crippen molar-refractivity contribution in [2.24, 2.45) is 7.05 Å². The number of carbonyl (C=O) groups is 1. The van der Waals surface area contributed by atoms with Crippen LogP contribution in [0.1, 0.15) is 21.6 Å². The van der Waals surface area contributed by atoms with E-state index in [1.807, 2.05) is 0 Å². The monoisotopic (exact) mass is 290 g/mol. The van der Waals surface area contributed by atoms with E-state index in [0.29, 0.717) is 16.9 Å². The standard InChI is InChI=1S/C13H14N4O4/c1-7-6-9(4-5-10(7)13(18)19)14-12-11(17(20)21)8(2)15-16(12)3/h4-6,14H,1-3H3,(H,18,19). The molecular weight excluding hydrogens is 276 g/mol. The number of carboxylic acids is 1. The highest BCUT2D eigenvalue weighted by molar-refractivity contribution is 5.90. The molecule has 2 N–H and O–H groups in total. The number of nitrogens with one attached hydrogen (secondary N) is 1. The van der Waals surface area contributed by atoms with Crippen LogP contribution in [0.4, 0.5) is 17.2 Å². The first-order chi connectivity index (χ1) is 9.81. The number of anilines is 2. The Labute approximate surface area is 120 Å². The van der Waals surface area contributed by atoms with Gasteiger partial charge in [0.15, 0.2) is 0 Å². The second kappa shape index (κ2) is 5.23. The first-order valence-electron chi connectivity index (χ1n) is 6.10. The van der Waals surface area contributed by atoms with Crippen LogP contribution in [0.3, 0.4) is 0 Å². The summed E-state index contributed by atoms with van der Waals surface area (Å²) in [6, 6.07) is 4.63. The van der Waals surface area contributed by atoms with Crippen molar-refractivity contribution < 1.29 is 14.8 Å². The molecule has 0 saturated heterocycles. The van der Waals surface area contributed by atoms with Gasteiger partial charge in [-0.15, -0.1) is 0 Å². The Kier molecular flexibility index (Phi) is 3.62. The summed E-state index contributed by atoms with van der Waals surface area (Å²) in [5.41, 5.74) is 1.52. The van der Waals surface area contributed by atoms with Gasteiger partial charge in [0.1, 0.15) is 5.69 Å². The quantitative estimate of drug-likeness (QED) is 0.660. The number of aryl methyl sites for hydroxylation is 3. The lowest BCUT2D eigenvalue weighted by Crippen LogP contribution is -2.04. The van der Waals surface area contributed by atoms with E-state index in [9.17, 15) is 14.9 Å². The van der Waals surface area contributed by atoms with E-state index in [2.05, 4.69) is 10.4 Å². The first-order valence-corrected chi connectivity index (χ1v) is 6.10. The lowest BCUT2D eigenvalue weighted by atomic mass is 10.1. The zero-order valence-corrected chi connectivity index (χ0v) is 11.7. The van der Waals surface area contributed by atoms with Gasteiger partial charge in [-0.25, -0.2) is 9.48 Å². The number of rotatable bonds is 4. The van der Waals surface area contributed by atoms with Crippen molar-refractivity contribution in [3.63, 3.8) is 0 Å². The van der Waals surface area contributed by atoms with Gasteiger partial charge < -0.3 is 10.4 Å². The number of hydrogen-bond donors (Lipinski definition) is 2. The van der Waals surface area contributed by atoms with Gasteiger partial charge in [0.05, 0.1) is 10.5 Å². The van der Waals surface area contributed by atoms with Gasteiger partial charge in [0.2, 0.25) is 5.82 Å². The molecule has 21 heavy (non-hydrogen) atoms. The van der Waals surface area contributed by atoms with Crippen molar-refractivity contribution in [3.05, 3.63) is 45.1 Å². The fourth-order valence-electron chi connectivity index (χ4n) is 2.12. The number of aromatic carboxylic acids is 1. The summed E-state index contributed by atoms with van der Waals surface area (Å²) < 4.78 is 1.38. The zero-order chi connectivity index (χ0) is 15.7. The highest BCUT2D eigenvalue weighted by Crippen LogP contribution is 2.30. The molecule has 0 saturated carbocycles. The topological polar surface area (TPSA) is 110 Å². The Bertz CT molecular complexity index is 736. The summed E-state index contributed by atoms with van der Waals surface area (Å²) in [6.07, 6.45) is 0. The number of nitrogens with zero attached hydrogens (tertiary/aromatic N) is 3. The van der Waals surface area contributed by atoms with Crippen LogP contribution in [0.25, 0.3) is 0 Å². The second-order valence-electron chi connectivity index (χ2n) is 4.62. The maximum absolute atomic E-state index is 11.1. The van der Waals surface area contributed by atoms with Gasteiger partial charge in [-0.3, -0.25) is 10.1 Å². The lowest BCUT2D eigenvalue weighted by Gasteiger charge is -2.08. The summed E-state index contributed by atoms with van der Waals surface area (Å²) in [7, 11) is 1.60. The van der Waals surface area contributed by atoms with E-state index in [0.717, 1.165) is 0 Å². The number of benzene rings is 1. The van der Waals surface area contributed by atoms with Crippen LogP contribution in [-0.2, 0) is 7.05 Å². The lowest BCUT2D eigenvalue weighted by molar-refractivity contribution is -0.384. The average molecular weight is 290 g/mol. The second-order valence-corrected chi connectivity index (χ2v) is 4.62. The van der Waals surface area contributed by atoms with Crippen molar-refractivity contribution >= 4 is 23.2 Å². The van der Waals surface area contributed by atoms with Crippen LogP contribution in [0.2, 0.25) is 0 Å². The number of nitro groups is 1. The van der Waals surface area contributed by atoms with Crippen LogP contribution in [0.5, 0.6) is 0 Å². The molecule has 1 heterocycles. The van der Waals surface area contributed by atoms with Gasteiger partial charge in [0, 0.05) is 12.7 Å². The first kappa shape index (κ1) is 14.5. The summed E-state index contributed by atoms with van der Waals surface area (Å²) in [6.45, 7) is 3.22. The Morgan fingerprint density at radius 2 is 2.10 bits per heavy atom. The summed E-state index contributed by atoms with van der Waals surface area (Å²) in [5.74, 6) is -0.763. The summed E-state index contributed by atoms with van der Waals surface area (Å²) in [5, 5.41) is 27.0. The molecule has 1 aromatic heterocycles. The van der Waals surface area contributed by atoms with E-state index in [4.69, 9.17) is 5.11 Å². The Morgan fingerprint density at radius 3 is 2.62 bits per heavy atom. The van der Waals surface area contributed by atoms with Crippen molar-refractivity contribution in [2.45, 2.75) is 13.8 Å². The van der Waals surface area contributed by atoms with Crippen molar-refractivity contribution in [1.29, 1.82) is 0 Å². The van der Waals surface area contributed by atoms with E-state index in [-0.39, 0.29) is 17.1 Å². The predicted molar refractivity (Wildman–Crippen MR) is 76.0 cm³/mol.